The van der Waals surface area contributed by atoms with Crippen LogP contribution in [0.2, 0.25) is 20.1 Å². The van der Waals surface area contributed by atoms with E-state index in [0.717, 1.165) is 17.7 Å². The Morgan fingerprint density at radius 2 is 1.62 bits per heavy atom. The summed E-state index contributed by atoms with van der Waals surface area (Å²) in [5.74, 6) is -1.59. The SMILES string of the molecule is O=C(CCN1C(=O)c2c(Cl)c(Cl)c(Cl)c(Cl)c2C1=O)NC[C@@H]1CCCO1. The topological polar surface area (TPSA) is 75.7 Å². The van der Waals surface area contributed by atoms with E-state index in [0.29, 0.717) is 13.2 Å². The minimum atomic E-state index is -0.651. The van der Waals surface area contributed by atoms with Gasteiger partial charge in [-0.15, -0.1) is 0 Å². The molecule has 0 unspecified atom stereocenters. The molecule has 1 atom stereocenters. The van der Waals surface area contributed by atoms with Gasteiger partial charge >= 0.3 is 0 Å². The van der Waals surface area contributed by atoms with Crippen molar-refractivity contribution in [2.24, 2.45) is 0 Å². The number of halogens is 4. The van der Waals surface area contributed by atoms with E-state index in [9.17, 15) is 14.4 Å². The first-order valence-corrected chi connectivity index (χ1v) is 9.44. The van der Waals surface area contributed by atoms with E-state index in [1.165, 1.54) is 0 Å². The maximum atomic E-state index is 12.5. The molecule has 0 radical (unpaired) electrons. The third-order valence-corrected chi connectivity index (χ3v) is 6.10. The van der Waals surface area contributed by atoms with E-state index in [1.807, 2.05) is 0 Å². The number of hydrogen-bond acceptors (Lipinski definition) is 4. The maximum absolute atomic E-state index is 12.5. The van der Waals surface area contributed by atoms with Gasteiger partial charge in [-0.1, -0.05) is 46.4 Å². The Morgan fingerprint density at radius 3 is 2.12 bits per heavy atom. The molecule has 0 saturated carbocycles. The molecule has 26 heavy (non-hydrogen) atoms. The summed E-state index contributed by atoms with van der Waals surface area (Å²) in [5, 5.41) is 2.31. The van der Waals surface area contributed by atoms with Crippen molar-refractivity contribution in [1.29, 1.82) is 0 Å². The summed E-state index contributed by atoms with van der Waals surface area (Å²) in [7, 11) is 0. The molecule has 1 aromatic carbocycles. The van der Waals surface area contributed by atoms with Crippen molar-refractivity contribution in [2.75, 3.05) is 19.7 Å². The number of amides is 3. The molecule has 2 aliphatic heterocycles. The lowest BCUT2D eigenvalue weighted by Gasteiger charge is -2.14. The van der Waals surface area contributed by atoms with Crippen LogP contribution in [0, 0.1) is 0 Å². The second-order valence-corrected chi connectivity index (χ2v) is 7.47. The highest BCUT2D eigenvalue weighted by molar-refractivity contribution is 6.55. The molecule has 10 heteroatoms. The number of nitrogens with zero attached hydrogens (tertiary/aromatic N) is 1. The Labute approximate surface area is 169 Å². The first-order valence-electron chi connectivity index (χ1n) is 7.93. The highest BCUT2D eigenvalue weighted by Gasteiger charge is 2.41. The van der Waals surface area contributed by atoms with Gasteiger partial charge in [0.1, 0.15) is 0 Å². The number of rotatable bonds is 5. The largest absolute Gasteiger partial charge is 0.376 e. The predicted molar refractivity (Wildman–Crippen MR) is 98.4 cm³/mol. The van der Waals surface area contributed by atoms with E-state index in [4.69, 9.17) is 51.1 Å². The van der Waals surface area contributed by atoms with Crippen LogP contribution in [-0.2, 0) is 9.53 Å². The van der Waals surface area contributed by atoms with Crippen LogP contribution in [0.3, 0.4) is 0 Å². The van der Waals surface area contributed by atoms with Crippen LogP contribution in [0.25, 0.3) is 0 Å². The Hall–Kier alpha value is -1.05. The molecule has 0 aromatic heterocycles. The quantitative estimate of drug-likeness (QED) is 0.432. The van der Waals surface area contributed by atoms with E-state index in [1.54, 1.807) is 0 Å². The van der Waals surface area contributed by atoms with Gasteiger partial charge in [0, 0.05) is 26.1 Å². The fourth-order valence-electron chi connectivity index (χ4n) is 2.93. The predicted octanol–water partition coefficient (Wildman–Crippen LogP) is 3.58. The number of hydrogen-bond donors (Lipinski definition) is 1. The molecule has 3 rings (SSSR count). The standard InChI is InChI=1S/C16H14Cl4N2O4/c17-11-9-10(12(18)14(20)13(11)19)16(25)22(15(9)24)4-3-8(23)21-6-7-2-1-5-26-7/h7H,1-6H2,(H,21,23)/t7-/m0/s1. The van der Waals surface area contributed by atoms with Gasteiger partial charge in [-0.2, -0.15) is 0 Å². The zero-order chi connectivity index (χ0) is 19.0. The smallest absolute Gasteiger partial charge is 0.263 e. The Balaban J connectivity index is 1.67. The molecule has 1 saturated heterocycles. The molecule has 0 bridgehead atoms. The van der Waals surface area contributed by atoms with Crippen LogP contribution >= 0.6 is 46.4 Å². The summed E-state index contributed by atoms with van der Waals surface area (Å²) in [5.41, 5.74) is -0.174. The first-order chi connectivity index (χ1) is 12.3. The fraction of sp³-hybridized carbons (Fsp3) is 0.438. The molecule has 0 aliphatic carbocycles. The van der Waals surface area contributed by atoms with Gasteiger partial charge in [-0.25, -0.2) is 0 Å². The molecule has 1 N–H and O–H groups in total. The van der Waals surface area contributed by atoms with E-state index < -0.39 is 11.8 Å². The van der Waals surface area contributed by atoms with Crippen LogP contribution in [0.1, 0.15) is 40.0 Å². The first kappa shape index (κ1) is 19.7. The normalized spacial score (nSPS) is 19.2. The Kier molecular flexibility index (Phi) is 5.99. The lowest BCUT2D eigenvalue weighted by Crippen LogP contribution is -2.36. The van der Waals surface area contributed by atoms with Crippen LogP contribution in [0.15, 0.2) is 0 Å². The number of imide groups is 1. The van der Waals surface area contributed by atoms with Crippen molar-refractivity contribution in [2.45, 2.75) is 25.4 Å². The van der Waals surface area contributed by atoms with Crippen molar-refractivity contribution in [1.82, 2.24) is 10.2 Å². The minimum Gasteiger partial charge on any atom is -0.376 e. The van der Waals surface area contributed by atoms with Gasteiger partial charge in [0.25, 0.3) is 11.8 Å². The molecule has 1 fully saturated rings. The average molecular weight is 440 g/mol. The van der Waals surface area contributed by atoms with Crippen molar-refractivity contribution >= 4 is 64.1 Å². The summed E-state index contributed by atoms with van der Waals surface area (Å²) in [4.78, 5) is 38.0. The van der Waals surface area contributed by atoms with Gasteiger partial charge in [-0.3, -0.25) is 19.3 Å². The fourth-order valence-corrected chi connectivity index (χ4v) is 3.95. The van der Waals surface area contributed by atoms with Gasteiger partial charge in [-0.05, 0) is 12.8 Å². The molecule has 1 aromatic rings. The van der Waals surface area contributed by atoms with Gasteiger partial charge in [0.15, 0.2) is 0 Å². The number of benzene rings is 1. The molecule has 6 nitrogen and oxygen atoms in total. The lowest BCUT2D eigenvalue weighted by molar-refractivity contribution is -0.121. The molecule has 0 spiro atoms. The molecule has 2 heterocycles. The van der Waals surface area contributed by atoms with Gasteiger partial charge in [0.05, 0.1) is 37.3 Å². The molecular formula is C16H14Cl4N2O4. The Morgan fingerprint density at radius 1 is 1.04 bits per heavy atom. The van der Waals surface area contributed by atoms with E-state index >= 15 is 0 Å². The lowest BCUT2D eigenvalue weighted by atomic mass is 10.1. The third kappa shape index (κ3) is 3.53. The third-order valence-electron chi connectivity index (χ3n) is 4.30. The van der Waals surface area contributed by atoms with Gasteiger partial charge < -0.3 is 10.1 Å². The highest BCUT2D eigenvalue weighted by atomic mass is 35.5. The molecule has 3 amide bonds. The second-order valence-electron chi connectivity index (χ2n) is 5.96. The Bertz CT molecular complexity index is 746. The zero-order valence-corrected chi connectivity index (χ0v) is 16.4. The summed E-state index contributed by atoms with van der Waals surface area (Å²) in [6.07, 6.45) is 1.84. The van der Waals surface area contributed by atoms with Crippen molar-refractivity contribution in [3.05, 3.63) is 31.2 Å². The second kappa shape index (κ2) is 7.90. The number of fused-ring (bicyclic) bond motifs is 1. The monoisotopic (exact) mass is 438 g/mol. The summed E-state index contributed by atoms with van der Waals surface area (Å²) >= 11 is 24.0. The van der Waals surface area contributed by atoms with Crippen LogP contribution in [-0.4, -0.2) is 48.4 Å². The van der Waals surface area contributed by atoms with E-state index in [-0.39, 0.29) is 56.2 Å². The molecule has 2 aliphatic rings. The molecule has 140 valence electrons. The van der Waals surface area contributed by atoms with Crippen molar-refractivity contribution in [3.63, 3.8) is 0 Å². The van der Waals surface area contributed by atoms with Crippen molar-refractivity contribution < 1.29 is 19.1 Å². The van der Waals surface area contributed by atoms with Crippen molar-refractivity contribution in [3.8, 4) is 0 Å². The number of nitrogens with one attached hydrogen (secondary N) is 1. The number of ether oxygens (including phenoxy) is 1. The van der Waals surface area contributed by atoms with Crippen LogP contribution in [0.4, 0.5) is 0 Å². The maximum Gasteiger partial charge on any atom is 0.263 e. The zero-order valence-electron chi connectivity index (χ0n) is 13.4. The summed E-state index contributed by atoms with van der Waals surface area (Å²) in [6, 6.07) is 0. The summed E-state index contributed by atoms with van der Waals surface area (Å²) < 4.78 is 5.42. The number of carbonyl (C=O) groups excluding carboxylic acids is 3. The number of carbonyl (C=O) groups is 3. The van der Waals surface area contributed by atoms with Crippen LogP contribution in [0.5, 0.6) is 0 Å². The van der Waals surface area contributed by atoms with Gasteiger partial charge in [0.2, 0.25) is 5.91 Å². The minimum absolute atomic E-state index is 0.0140. The summed E-state index contributed by atoms with van der Waals surface area (Å²) in [6.45, 7) is 0.998. The highest BCUT2D eigenvalue weighted by Crippen LogP contribution is 2.44. The average Bonchev–Trinajstić information content (AvgIpc) is 3.21. The molecular weight excluding hydrogens is 426 g/mol. The van der Waals surface area contributed by atoms with E-state index in [2.05, 4.69) is 5.32 Å². The van der Waals surface area contributed by atoms with Crippen LogP contribution < -0.4 is 5.32 Å².